The lowest BCUT2D eigenvalue weighted by Crippen LogP contribution is -2.60. The number of nitrogens with one attached hydrogen (secondary N) is 4. The maximum absolute atomic E-state index is 13.3. The van der Waals surface area contributed by atoms with Crippen molar-refractivity contribution in [1.82, 2.24) is 26.4 Å². The number of benzene rings is 1. The molecule has 0 radical (unpaired) electrons. The SMILES string of the molecule is CCOC(=O)C1OC1C(=O)CN(NC(=O)[C@H](NC(=O)[C@@H](CCC(=O)O)NC(=O)[C@@H](CC(=O)O)NC(=O)Cc1ccccc1)C(C)C)C(=O)O. The van der Waals surface area contributed by atoms with Gasteiger partial charge in [0.15, 0.2) is 18.0 Å². The molecule has 0 spiro atoms. The van der Waals surface area contributed by atoms with E-state index in [2.05, 4.69) is 16.0 Å². The highest BCUT2D eigenvalue weighted by Gasteiger charge is 2.51. The van der Waals surface area contributed by atoms with Crippen LogP contribution >= 0.6 is 0 Å². The van der Waals surface area contributed by atoms with Crippen LogP contribution in [0.3, 0.4) is 0 Å². The lowest BCUT2D eigenvalue weighted by Gasteiger charge is -2.28. The number of esters is 1. The quantitative estimate of drug-likeness (QED) is 0.0498. The molecule has 2 rings (SSSR count). The molecule has 1 saturated heterocycles. The van der Waals surface area contributed by atoms with E-state index >= 15 is 0 Å². The number of carbonyl (C=O) groups is 9. The summed E-state index contributed by atoms with van der Waals surface area (Å²) in [6.45, 7) is 3.57. The molecule has 7 N–H and O–H groups in total. The minimum Gasteiger partial charge on any atom is -0.481 e. The van der Waals surface area contributed by atoms with E-state index in [1.165, 1.54) is 20.8 Å². The molecule has 0 bridgehead atoms. The fraction of sp³-hybridized carbons (Fsp3) is 0.500. The first-order valence-corrected chi connectivity index (χ1v) is 15.1. The average molecular weight is 694 g/mol. The minimum atomic E-state index is -1.77. The van der Waals surface area contributed by atoms with Crippen molar-refractivity contribution in [2.24, 2.45) is 5.92 Å². The van der Waals surface area contributed by atoms with Crippen molar-refractivity contribution in [3.63, 3.8) is 0 Å². The highest BCUT2D eigenvalue weighted by Crippen LogP contribution is 2.24. The zero-order chi connectivity index (χ0) is 36.8. The van der Waals surface area contributed by atoms with Gasteiger partial charge in [0.2, 0.25) is 17.7 Å². The summed E-state index contributed by atoms with van der Waals surface area (Å²) in [5.41, 5.74) is 2.56. The standard InChI is InChI=1S/C30H39N5O14/c1-4-48-29(45)25-24(49-25)19(36)14-35(30(46)47)34-28(44)23(15(2)3)33-26(42)17(10-11-21(38)39)32-27(43)18(13-22(40)41)31-20(37)12-16-8-6-5-7-9-16/h5-9,15,17-18,23-25H,4,10-14H2,1-3H3,(H,31,37)(H,32,43)(H,33,42)(H,34,44)(H,38,39)(H,40,41)(H,46,47)/t17-,18-,23-,24?,25?/m1/s1. The number of ether oxygens (including phenoxy) is 2. The molecular formula is C30H39N5O14. The van der Waals surface area contributed by atoms with Gasteiger partial charge in [0.1, 0.15) is 24.7 Å². The molecule has 1 heterocycles. The number of hydrogen-bond donors (Lipinski definition) is 7. The highest BCUT2D eigenvalue weighted by atomic mass is 16.6. The van der Waals surface area contributed by atoms with Crippen LogP contribution in [0.15, 0.2) is 30.3 Å². The molecule has 49 heavy (non-hydrogen) atoms. The average Bonchev–Trinajstić information content (AvgIpc) is 3.82. The van der Waals surface area contributed by atoms with Crippen molar-refractivity contribution >= 4 is 53.4 Å². The maximum atomic E-state index is 13.3. The molecule has 5 amide bonds. The van der Waals surface area contributed by atoms with Crippen LogP contribution in [0.4, 0.5) is 4.79 Å². The van der Waals surface area contributed by atoms with E-state index in [0.717, 1.165) is 0 Å². The van der Waals surface area contributed by atoms with Crippen molar-refractivity contribution < 1.29 is 67.9 Å². The Morgan fingerprint density at radius 1 is 0.837 bits per heavy atom. The van der Waals surface area contributed by atoms with Gasteiger partial charge >= 0.3 is 24.0 Å². The normalized spacial score (nSPS) is 16.6. The molecule has 0 aromatic heterocycles. The summed E-state index contributed by atoms with van der Waals surface area (Å²) >= 11 is 0. The second kappa shape index (κ2) is 18.7. The highest BCUT2D eigenvalue weighted by molar-refractivity contribution is 5.98. The smallest absolute Gasteiger partial charge is 0.426 e. The van der Waals surface area contributed by atoms with Gasteiger partial charge in [-0.1, -0.05) is 44.2 Å². The number of hydrazine groups is 1. The third kappa shape index (κ3) is 13.2. The first kappa shape index (κ1) is 39.6. The summed E-state index contributed by atoms with van der Waals surface area (Å²) in [6, 6.07) is 3.51. The van der Waals surface area contributed by atoms with Crippen LogP contribution in [0.5, 0.6) is 0 Å². The summed E-state index contributed by atoms with van der Waals surface area (Å²) in [7, 11) is 0. The number of carboxylic acid groups (broad SMARTS) is 3. The number of rotatable bonds is 19. The van der Waals surface area contributed by atoms with Crippen molar-refractivity contribution in [1.29, 1.82) is 0 Å². The second-order valence-electron chi connectivity index (χ2n) is 11.1. The van der Waals surface area contributed by atoms with E-state index in [9.17, 15) is 58.5 Å². The largest absolute Gasteiger partial charge is 0.481 e. The molecule has 5 atom stereocenters. The topological polar surface area (TPSA) is 287 Å². The van der Waals surface area contributed by atoms with Crippen LogP contribution in [-0.4, -0.2) is 117 Å². The fourth-order valence-corrected chi connectivity index (χ4v) is 4.37. The maximum Gasteiger partial charge on any atom is 0.426 e. The number of ketones is 1. The predicted molar refractivity (Wildman–Crippen MR) is 163 cm³/mol. The van der Waals surface area contributed by atoms with Crippen LogP contribution in [0.1, 0.15) is 45.6 Å². The van der Waals surface area contributed by atoms with Crippen LogP contribution in [0.2, 0.25) is 0 Å². The second-order valence-corrected chi connectivity index (χ2v) is 11.1. The zero-order valence-electron chi connectivity index (χ0n) is 26.9. The Morgan fingerprint density at radius 2 is 1.47 bits per heavy atom. The number of carbonyl (C=O) groups excluding carboxylic acids is 6. The van der Waals surface area contributed by atoms with Crippen LogP contribution in [0, 0.1) is 5.92 Å². The van der Waals surface area contributed by atoms with Gasteiger partial charge in [-0.25, -0.2) is 14.6 Å². The Hall–Kier alpha value is -5.59. The first-order valence-electron chi connectivity index (χ1n) is 15.1. The molecule has 1 aliphatic rings. The van der Waals surface area contributed by atoms with Crippen molar-refractivity contribution in [2.45, 2.75) is 76.8 Å². The molecule has 19 nitrogen and oxygen atoms in total. The van der Waals surface area contributed by atoms with E-state index in [-0.39, 0.29) is 18.0 Å². The lowest BCUT2D eigenvalue weighted by atomic mass is 10.0. The van der Waals surface area contributed by atoms with E-state index in [0.29, 0.717) is 5.56 Å². The molecule has 1 aromatic carbocycles. The van der Waals surface area contributed by atoms with Gasteiger partial charge in [0.05, 0.1) is 19.4 Å². The van der Waals surface area contributed by atoms with Gasteiger partial charge in [0, 0.05) is 6.42 Å². The lowest BCUT2D eigenvalue weighted by molar-refractivity contribution is -0.145. The molecule has 19 heteroatoms. The van der Waals surface area contributed by atoms with Crippen molar-refractivity contribution in [2.75, 3.05) is 13.2 Å². The van der Waals surface area contributed by atoms with Crippen LogP contribution in [-0.2, 0) is 54.3 Å². The predicted octanol–water partition coefficient (Wildman–Crippen LogP) is -1.41. The number of amides is 5. The summed E-state index contributed by atoms with van der Waals surface area (Å²) in [5, 5.41) is 35.1. The Morgan fingerprint density at radius 3 is 2.02 bits per heavy atom. The third-order valence-electron chi connectivity index (χ3n) is 6.88. The van der Waals surface area contributed by atoms with Crippen molar-refractivity contribution in [3.8, 4) is 0 Å². The number of hydrogen-bond acceptors (Lipinski definition) is 11. The Kier molecular flexibility index (Phi) is 15.1. The van der Waals surface area contributed by atoms with E-state index in [4.69, 9.17) is 9.47 Å². The summed E-state index contributed by atoms with van der Waals surface area (Å²) in [6.07, 6.45) is -6.52. The number of epoxide rings is 1. The van der Waals surface area contributed by atoms with Crippen LogP contribution < -0.4 is 21.4 Å². The molecule has 0 aliphatic carbocycles. The molecule has 1 fully saturated rings. The van der Waals surface area contributed by atoms with E-state index in [1.807, 2.05) is 5.43 Å². The molecule has 268 valence electrons. The van der Waals surface area contributed by atoms with Gasteiger partial charge < -0.3 is 40.7 Å². The molecule has 2 unspecified atom stereocenters. The van der Waals surface area contributed by atoms with Gasteiger partial charge in [-0.2, -0.15) is 0 Å². The summed E-state index contributed by atoms with van der Waals surface area (Å²) in [5.74, 6) is -9.27. The van der Waals surface area contributed by atoms with E-state index < -0.39 is 115 Å². The van der Waals surface area contributed by atoms with Crippen molar-refractivity contribution in [3.05, 3.63) is 35.9 Å². The number of carboxylic acids is 2. The Labute approximate surface area is 279 Å². The van der Waals surface area contributed by atoms with E-state index in [1.54, 1.807) is 30.3 Å². The fourth-order valence-electron chi connectivity index (χ4n) is 4.37. The summed E-state index contributed by atoms with van der Waals surface area (Å²) in [4.78, 5) is 111. The van der Waals surface area contributed by atoms with Gasteiger partial charge in [-0.05, 0) is 24.8 Å². The molecular weight excluding hydrogens is 654 g/mol. The third-order valence-corrected chi connectivity index (χ3v) is 6.88. The zero-order valence-corrected chi connectivity index (χ0v) is 26.9. The number of Topliss-reactive ketones (excluding diaryl/α,β-unsaturated/α-hetero) is 1. The monoisotopic (exact) mass is 693 g/mol. The van der Waals surface area contributed by atoms with Gasteiger partial charge in [-0.3, -0.25) is 39.0 Å². The minimum absolute atomic E-state index is 0.0221. The Bertz CT molecular complexity index is 1420. The summed E-state index contributed by atoms with van der Waals surface area (Å²) < 4.78 is 9.70. The Balaban J connectivity index is 2.15. The van der Waals surface area contributed by atoms with Gasteiger partial charge in [-0.15, -0.1) is 0 Å². The molecule has 0 saturated carbocycles. The number of aliphatic carboxylic acids is 2. The number of nitrogens with zero attached hydrogens (tertiary/aromatic N) is 1. The first-order chi connectivity index (χ1) is 23.0. The molecule has 1 aliphatic heterocycles. The van der Waals surface area contributed by atoms with Crippen LogP contribution in [0.25, 0.3) is 0 Å². The van der Waals surface area contributed by atoms with Gasteiger partial charge in [0.25, 0.3) is 5.91 Å². The molecule has 1 aromatic rings.